The summed E-state index contributed by atoms with van der Waals surface area (Å²) >= 11 is 0. The first kappa shape index (κ1) is 19.7. The van der Waals surface area contributed by atoms with E-state index in [1.54, 1.807) is 0 Å². The molecule has 6 nitrogen and oxygen atoms in total. The maximum atomic E-state index is 12.0. The summed E-state index contributed by atoms with van der Waals surface area (Å²) in [6, 6.07) is 0. The van der Waals surface area contributed by atoms with E-state index in [2.05, 4.69) is 31.1 Å². The van der Waals surface area contributed by atoms with Crippen LogP contribution in [0.15, 0.2) is 0 Å². The van der Waals surface area contributed by atoms with E-state index < -0.39 is 12.1 Å². The van der Waals surface area contributed by atoms with Crippen LogP contribution in [0.2, 0.25) is 0 Å². The number of carbonyl (C=O) groups excluding carboxylic acids is 1. The summed E-state index contributed by atoms with van der Waals surface area (Å²) in [6.07, 6.45) is -3.83. The van der Waals surface area contributed by atoms with Gasteiger partial charge in [0.1, 0.15) is 0 Å². The maximum Gasteiger partial charge on any atom is 0.490 e. The Kier molecular flexibility index (Phi) is 6.82. The number of nitrogens with one attached hydrogen (secondary N) is 1. The zero-order chi connectivity index (χ0) is 17.8. The molecule has 2 fully saturated rings. The molecule has 1 amide bonds. The Morgan fingerprint density at radius 2 is 1.91 bits per heavy atom. The molecule has 3 atom stereocenters. The molecule has 2 N–H and O–H groups in total. The third kappa shape index (κ3) is 6.34. The molecule has 0 aliphatic carbocycles. The molecule has 23 heavy (non-hydrogen) atoms. The van der Waals surface area contributed by atoms with Gasteiger partial charge in [0.05, 0.1) is 18.1 Å². The first-order valence-corrected chi connectivity index (χ1v) is 7.42. The summed E-state index contributed by atoms with van der Waals surface area (Å²) < 4.78 is 37.5. The molecule has 9 heteroatoms. The summed E-state index contributed by atoms with van der Waals surface area (Å²) in [7, 11) is 2.09. The zero-order valence-electron chi connectivity index (χ0n) is 13.4. The van der Waals surface area contributed by atoms with Crippen molar-refractivity contribution in [2.45, 2.75) is 38.7 Å². The van der Waals surface area contributed by atoms with Gasteiger partial charge in [-0.3, -0.25) is 4.79 Å². The molecule has 2 bridgehead atoms. The van der Waals surface area contributed by atoms with Crippen LogP contribution in [-0.4, -0.2) is 66.9 Å². The fourth-order valence-corrected chi connectivity index (χ4v) is 2.56. The van der Waals surface area contributed by atoms with Crippen molar-refractivity contribution in [2.75, 3.05) is 26.7 Å². The van der Waals surface area contributed by atoms with Crippen LogP contribution in [0.3, 0.4) is 0 Å². The predicted molar refractivity (Wildman–Crippen MR) is 75.8 cm³/mol. The van der Waals surface area contributed by atoms with Crippen molar-refractivity contribution in [2.24, 2.45) is 11.8 Å². The molecule has 134 valence electrons. The number of carboxylic acids is 1. The molecule has 0 saturated carbocycles. The van der Waals surface area contributed by atoms with Crippen LogP contribution in [0.5, 0.6) is 0 Å². The van der Waals surface area contributed by atoms with Gasteiger partial charge in [0.2, 0.25) is 5.91 Å². The van der Waals surface area contributed by atoms with E-state index in [4.69, 9.17) is 14.6 Å². The second-order valence-corrected chi connectivity index (χ2v) is 6.30. The summed E-state index contributed by atoms with van der Waals surface area (Å²) in [5.74, 6) is -2.01. The molecule has 0 radical (unpaired) electrons. The number of hydrogen-bond acceptors (Lipinski definition) is 4. The minimum atomic E-state index is -5.08. The number of hydrogen-bond donors (Lipinski definition) is 2. The number of nitrogens with zero attached hydrogens (tertiary/aromatic N) is 1. The number of alkyl halides is 3. The summed E-state index contributed by atoms with van der Waals surface area (Å²) in [6.45, 7) is 6.83. The fraction of sp³-hybridized carbons (Fsp3) is 0.857. The van der Waals surface area contributed by atoms with Gasteiger partial charge in [-0.05, 0) is 19.4 Å². The van der Waals surface area contributed by atoms with Gasteiger partial charge < -0.3 is 20.1 Å². The average Bonchev–Trinajstić information content (AvgIpc) is 2.70. The van der Waals surface area contributed by atoms with E-state index in [0.29, 0.717) is 5.92 Å². The van der Waals surface area contributed by atoms with Crippen LogP contribution in [-0.2, 0) is 14.3 Å². The number of likely N-dealkylation sites (N-methyl/N-ethyl adjacent to an activating group) is 1. The van der Waals surface area contributed by atoms with E-state index in [1.165, 1.54) is 0 Å². The highest BCUT2D eigenvalue weighted by atomic mass is 19.4. The van der Waals surface area contributed by atoms with E-state index >= 15 is 0 Å². The highest BCUT2D eigenvalue weighted by molar-refractivity contribution is 5.79. The second kappa shape index (κ2) is 7.96. The number of rotatable bonds is 3. The second-order valence-electron chi connectivity index (χ2n) is 6.30. The van der Waals surface area contributed by atoms with Crippen LogP contribution in [0.25, 0.3) is 0 Å². The van der Waals surface area contributed by atoms with Crippen LogP contribution >= 0.6 is 0 Å². The molecule has 2 aliphatic heterocycles. The number of likely N-dealkylation sites (tertiary alicyclic amines) is 1. The highest BCUT2D eigenvalue weighted by Crippen LogP contribution is 2.31. The predicted octanol–water partition coefficient (Wildman–Crippen LogP) is 1.11. The van der Waals surface area contributed by atoms with Gasteiger partial charge in [-0.25, -0.2) is 4.79 Å². The van der Waals surface area contributed by atoms with Crippen LogP contribution in [0.1, 0.15) is 20.3 Å². The minimum Gasteiger partial charge on any atom is -0.475 e. The Labute approximate surface area is 133 Å². The third-order valence-corrected chi connectivity index (χ3v) is 3.60. The van der Waals surface area contributed by atoms with E-state index in [0.717, 1.165) is 26.1 Å². The van der Waals surface area contributed by atoms with Crippen molar-refractivity contribution >= 4 is 11.9 Å². The normalized spacial score (nSPS) is 27.3. The molecule has 0 spiro atoms. The van der Waals surface area contributed by atoms with Crippen molar-refractivity contribution in [3.05, 3.63) is 0 Å². The first-order valence-electron chi connectivity index (χ1n) is 7.42. The standard InChI is InChI=1S/C12H22N2O2.C2HF3O2/c1-8(2)5-13-12(15)10-4-9-6-14(3)7-11(10)16-9;3-2(4,5)1(6)7/h8-11H,4-7H2,1-3H3,(H,13,15);(H,6,7)/t9-,10+,11-;/m1./s1. The zero-order valence-corrected chi connectivity index (χ0v) is 13.4. The maximum absolute atomic E-state index is 12.0. The van der Waals surface area contributed by atoms with Crippen LogP contribution in [0.4, 0.5) is 13.2 Å². The summed E-state index contributed by atoms with van der Waals surface area (Å²) in [5, 5.41) is 10.1. The average molecular weight is 340 g/mol. The van der Waals surface area contributed by atoms with Gasteiger partial charge in [0.25, 0.3) is 0 Å². The lowest BCUT2D eigenvalue weighted by Crippen LogP contribution is -2.44. The topological polar surface area (TPSA) is 78.9 Å². The highest BCUT2D eigenvalue weighted by Gasteiger charge is 2.43. The van der Waals surface area contributed by atoms with E-state index in [-0.39, 0.29) is 24.0 Å². The molecule has 0 unspecified atom stereocenters. The lowest BCUT2D eigenvalue weighted by Gasteiger charge is -2.29. The Bertz CT molecular complexity index is 429. The molecule has 0 aromatic heterocycles. The van der Waals surface area contributed by atoms with Crippen LogP contribution < -0.4 is 5.32 Å². The summed E-state index contributed by atoms with van der Waals surface area (Å²) in [5.41, 5.74) is 0. The molecule has 2 heterocycles. The Hall–Kier alpha value is -1.35. The number of carbonyl (C=O) groups is 2. The molecular weight excluding hydrogens is 317 g/mol. The summed E-state index contributed by atoms with van der Waals surface area (Å²) in [4.78, 5) is 23.1. The Balaban J connectivity index is 0.000000322. The monoisotopic (exact) mass is 340 g/mol. The molecule has 2 rings (SSSR count). The van der Waals surface area contributed by atoms with Crippen LogP contribution in [0, 0.1) is 11.8 Å². The van der Waals surface area contributed by atoms with Crippen molar-refractivity contribution in [1.29, 1.82) is 0 Å². The number of morpholine rings is 1. The number of aliphatic carboxylic acids is 1. The smallest absolute Gasteiger partial charge is 0.475 e. The number of ether oxygens (including phenoxy) is 1. The molecule has 2 saturated heterocycles. The molecule has 2 aliphatic rings. The lowest BCUT2D eigenvalue weighted by molar-refractivity contribution is -0.192. The Morgan fingerprint density at radius 1 is 1.35 bits per heavy atom. The van der Waals surface area contributed by atoms with Gasteiger partial charge in [-0.15, -0.1) is 0 Å². The van der Waals surface area contributed by atoms with Gasteiger partial charge in [0, 0.05) is 19.6 Å². The van der Waals surface area contributed by atoms with Crippen molar-refractivity contribution in [3.63, 3.8) is 0 Å². The quantitative estimate of drug-likeness (QED) is 0.805. The molecule has 0 aromatic carbocycles. The third-order valence-electron chi connectivity index (χ3n) is 3.60. The van der Waals surface area contributed by atoms with Crippen molar-refractivity contribution in [3.8, 4) is 0 Å². The van der Waals surface area contributed by atoms with Crippen molar-refractivity contribution < 1.29 is 32.6 Å². The van der Waals surface area contributed by atoms with Crippen molar-refractivity contribution in [1.82, 2.24) is 10.2 Å². The van der Waals surface area contributed by atoms with E-state index in [9.17, 15) is 18.0 Å². The van der Waals surface area contributed by atoms with Gasteiger partial charge in [-0.2, -0.15) is 13.2 Å². The first-order chi connectivity index (χ1) is 10.5. The number of amides is 1. The number of halogens is 3. The molecule has 0 aromatic rings. The Morgan fingerprint density at radius 3 is 2.39 bits per heavy atom. The minimum absolute atomic E-state index is 0.0636. The van der Waals surface area contributed by atoms with E-state index in [1.807, 2.05) is 0 Å². The van der Waals surface area contributed by atoms with Gasteiger partial charge in [-0.1, -0.05) is 13.8 Å². The van der Waals surface area contributed by atoms with Gasteiger partial charge in [0.15, 0.2) is 0 Å². The SMILES string of the molecule is CC(C)CNC(=O)[C@H]1C[C@@H]2CN(C)C[C@H]1O2.O=C(O)C(F)(F)F. The molecular formula is C14H23F3N2O4. The van der Waals surface area contributed by atoms with Gasteiger partial charge >= 0.3 is 12.1 Å². The number of carboxylic acid groups (broad SMARTS) is 1. The largest absolute Gasteiger partial charge is 0.490 e. The number of fused-ring (bicyclic) bond motifs is 2. The fourth-order valence-electron chi connectivity index (χ4n) is 2.56. The lowest BCUT2D eigenvalue weighted by atomic mass is 9.99.